The highest BCUT2D eigenvalue weighted by atomic mass is 79.9. The van der Waals surface area contributed by atoms with Gasteiger partial charge in [-0.1, -0.05) is 36.2 Å². The zero-order chi connectivity index (χ0) is 11.6. The van der Waals surface area contributed by atoms with Crippen LogP contribution < -0.4 is 0 Å². The molecule has 1 heterocycles. The summed E-state index contributed by atoms with van der Waals surface area (Å²) in [7, 11) is 0. The van der Waals surface area contributed by atoms with Gasteiger partial charge in [0.15, 0.2) is 5.76 Å². The summed E-state index contributed by atoms with van der Waals surface area (Å²) >= 11 is 6.75. The van der Waals surface area contributed by atoms with Crippen LogP contribution >= 0.6 is 31.9 Å². The Kier molecular flexibility index (Phi) is 4.59. The van der Waals surface area contributed by atoms with E-state index in [-0.39, 0.29) is 11.9 Å². The van der Waals surface area contributed by atoms with Crippen LogP contribution in [0.3, 0.4) is 0 Å². The van der Waals surface area contributed by atoms with E-state index >= 15 is 0 Å². The first kappa shape index (κ1) is 13.0. The normalized spacial score (nSPS) is 21.8. The third kappa shape index (κ3) is 2.72. The summed E-state index contributed by atoms with van der Waals surface area (Å²) < 4.78 is 6.82. The van der Waals surface area contributed by atoms with Gasteiger partial charge >= 0.3 is 5.97 Å². The van der Waals surface area contributed by atoms with Crippen LogP contribution in [0.1, 0.15) is 33.6 Å². The van der Waals surface area contributed by atoms with Crippen LogP contribution in [0, 0.1) is 5.92 Å². The van der Waals surface area contributed by atoms with Crippen molar-refractivity contribution < 1.29 is 9.53 Å². The maximum absolute atomic E-state index is 11.7. The van der Waals surface area contributed by atoms with Crippen LogP contribution in [0.25, 0.3) is 0 Å². The SMILES string of the molecule is CCCC(C)C1=C(Br)/C(=C(\C)Br)OC1=O. The second-order valence-corrected chi connectivity index (χ2v) is 5.65. The van der Waals surface area contributed by atoms with Crippen molar-refractivity contribution in [2.75, 3.05) is 0 Å². The van der Waals surface area contributed by atoms with Crippen molar-refractivity contribution in [3.8, 4) is 0 Å². The zero-order valence-electron chi connectivity index (χ0n) is 9.06. The molecule has 4 heteroatoms. The second-order valence-electron chi connectivity index (χ2n) is 3.67. The van der Waals surface area contributed by atoms with E-state index in [1.165, 1.54) is 0 Å². The number of allylic oxidation sites excluding steroid dienone is 2. The molecule has 0 aromatic rings. The fraction of sp³-hybridized carbons (Fsp3) is 0.545. The Bertz CT molecular complexity index is 338. The van der Waals surface area contributed by atoms with Crippen molar-refractivity contribution in [2.24, 2.45) is 5.92 Å². The van der Waals surface area contributed by atoms with Gasteiger partial charge < -0.3 is 4.74 Å². The molecular formula is C11H14Br2O2. The molecule has 0 fully saturated rings. The largest absolute Gasteiger partial charge is 0.421 e. The molecule has 0 amide bonds. The highest BCUT2D eigenvalue weighted by Gasteiger charge is 2.32. The summed E-state index contributed by atoms with van der Waals surface area (Å²) in [5.41, 5.74) is 0.755. The van der Waals surface area contributed by atoms with E-state index in [1.807, 2.05) is 13.8 Å². The highest BCUT2D eigenvalue weighted by Crippen LogP contribution is 2.38. The highest BCUT2D eigenvalue weighted by molar-refractivity contribution is 9.12. The lowest BCUT2D eigenvalue weighted by Crippen LogP contribution is -2.07. The minimum Gasteiger partial charge on any atom is -0.421 e. The Morgan fingerprint density at radius 1 is 1.53 bits per heavy atom. The predicted molar refractivity (Wildman–Crippen MR) is 67.7 cm³/mol. The Morgan fingerprint density at radius 2 is 2.13 bits per heavy atom. The molecule has 0 bridgehead atoms. The summed E-state index contributed by atoms with van der Waals surface area (Å²) in [6.45, 7) is 6.02. The minimum absolute atomic E-state index is 0.225. The molecule has 0 aliphatic carbocycles. The molecule has 0 radical (unpaired) electrons. The maximum Gasteiger partial charge on any atom is 0.341 e. The maximum atomic E-state index is 11.7. The van der Waals surface area contributed by atoms with Crippen molar-refractivity contribution in [1.29, 1.82) is 0 Å². The van der Waals surface area contributed by atoms with Crippen LogP contribution in [0.4, 0.5) is 0 Å². The number of cyclic esters (lactones) is 1. The van der Waals surface area contributed by atoms with E-state index in [2.05, 4.69) is 38.8 Å². The van der Waals surface area contributed by atoms with Gasteiger partial charge in [-0.25, -0.2) is 4.79 Å². The molecule has 1 atom stereocenters. The van der Waals surface area contributed by atoms with Gasteiger partial charge in [-0.2, -0.15) is 0 Å². The second kappa shape index (κ2) is 5.30. The first-order valence-corrected chi connectivity index (χ1v) is 6.56. The van der Waals surface area contributed by atoms with Crippen molar-refractivity contribution in [3.05, 3.63) is 20.3 Å². The standard InChI is InChI=1S/C11H14Br2O2/c1-4-5-6(2)8-9(13)10(7(3)12)15-11(8)14/h6H,4-5H2,1-3H3/b10-7-. The van der Waals surface area contributed by atoms with Gasteiger partial charge in [-0.15, -0.1) is 0 Å². The molecule has 2 nitrogen and oxygen atoms in total. The zero-order valence-corrected chi connectivity index (χ0v) is 12.2. The average molecular weight is 338 g/mol. The monoisotopic (exact) mass is 336 g/mol. The molecule has 0 saturated carbocycles. The molecule has 0 N–H and O–H groups in total. The first-order chi connectivity index (χ1) is 6.99. The van der Waals surface area contributed by atoms with Gasteiger partial charge in [0.2, 0.25) is 0 Å². The summed E-state index contributed by atoms with van der Waals surface area (Å²) in [5.74, 6) is 0.621. The Hall–Kier alpha value is -0.0900. The van der Waals surface area contributed by atoms with Crippen LogP contribution in [-0.4, -0.2) is 5.97 Å². The average Bonchev–Trinajstić information content (AvgIpc) is 2.42. The van der Waals surface area contributed by atoms with E-state index in [9.17, 15) is 4.79 Å². The summed E-state index contributed by atoms with van der Waals surface area (Å²) in [6.07, 6.45) is 2.05. The minimum atomic E-state index is -0.225. The van der Waals surface area contributed by atoms with E-state index in [1.54, 1.807) is 0 Å². The summed E-state index contributed by atoms with van der Waals surface area (Å²) in [4.78, 5) is 11.7. The van der Waals surface area contributed by atoms with E-state index in [0.717, 1.165) is 27.4 Å². The van der Waals surface area contributed by atoms with Gasteiger partial charge in [0.25, 0.3) is 0 Å². The lowest BCUT2D eigenvalue weighted by molar-refractivity contribution is -0.133. The third-order valence-corrected chi connectivity index (χ3v) is 3.53. The topological polar surface area (TPSA) is 26.3 Å². The van der Waals surface area contributed by atoms with Crippen molar-refractivity contribution in [1.82, 2.24) is 0 Å². The fourth-order valence-electron chi connectivity index (χ4n) is 1.62. The number of hydrogen-bond donors (Lipinski definition) is 0. The van der Waals surface area contributed by atoms with E-state index < -0.39 is 0 Å². The number of hydrogen-bond acceptors (Lipinski definition) is 2. The number of ether oxygens (including phenoxy) is 1. The van der Waals surface area contributed by atoms with Crippen molar-refractivity contribution >= 4 is 37.8 Å². The molecule has 15 heavy (non-hydrogen) atoms. The van der Waals surface area contributed by atoms with Gasteiger partial charge in [0.05, 0.1) is 10.1 Å². The molecule has 0 spiro atoms. The molecule has 0 saturated heterocycles. The number of rotatable bonds is 3. The molecule has 1 unspecified atom stereocenters. The van der Waals surface area contributed by atoms with Crippen LogP contribution in [0.2, 0.25) is 0 Å². The van der Waals surface area contributed by atoms with E-state index in [4.69, 9.17) is 4.74 Å². The molecule has 1 aliphatic rings. The fourth-order valence-corrected chi connectivity index (χ4v) is 3.10. The number of halogens is 2. The van der Waals surface area contributed by atoms with Gasteiger partial charge in [0.1, 0.15) is 0 Å². The molecule has 1 aliphatic heterocycles. The Morgan fingerprint density at radius 3 is 2.53 bits per heavy atom. The quantitative estimate of drug-likeness (QED) is 0.719. The molecule has 0 aromatic carbocycles. The Labute approximate surface area is 107 Å². The molecular weight excluding hydrogens is 324 g/mol. The molecule has 0 aromatic heterocycles. The number of carbonyl (C=O) groups is 1. The van der Waals surface area contributed by atoms with Gasteiger partial charge in [-0.3, -0.25) is 0 Å². The lowest BCUT2D eigenvalue weighted by atomic mass is 9.97. The number of carbonyl (C=O) groups excluding carboxylic acids is 1. The van der Waals surface area contributed by atoms with Gasteiger partial charge in [0, 0.05) is 4.48 Å². The van der Waals surface area contributed by atoms with E-state index in [0.29, 0.717) is 5.76 Å². The van der Waals surface area contributed by atoms with Crippen LogP contribution in [0.15, 0.2) is 20.3 Å². The Balaban J connectivity index is 3.05. The summed E-state index contributed by atoms with van der Waals surface area (Å²) in [6, 6.07) is 0. The van der Waals surface area contributed by atoms with Crippen molar-refractivity contribution in [2.45, 2.75) is 33.6 Å². The number of esters is 1. The third-order valence-electron chi connectivity index (χ3n) is 2.38. The first-order valence-electron chi connectivity index (χ1n) is 4.97. The summed E-state index contributed by atoms with van der Waals surface area (Å²) in [5, 5.41) is 0. The molecule has 84 valence electrons. The van der Waals surface area contributed by atoms with Crippen molar-refractivity contribution in [3.63, 3.8) is 0 Å². The lowest BCUT2D eigenvalue weighted by Gasteiger charge is -2.08. The van der Waals surface area contributed by atoms with Gasteiger partial charge in [-0.05, 0) is 35.2 Å². The smallest absolute Gasteiger partial charge is 0.341 e. The van der Waals surface area contributed by atoms with Crippen LogP contribution in [0.5, 0.6) is 0 Å². The molecule has 1 rings (SSSR count). The predicted octanol–water partition coefficient (Wildman–Crippen LogP) is 4.25. The van der Waals surface area contributed by atoms with Crippen LogP contribution in [-0.2, 0) is 9.53 Å².